The maximum atomic E-state index is 13.1. The number of aliphatic hydroxyl groups is 1. The lowest BCUT2D eigenvalue weighted by atomic mass is 9.63. The first-order chi connectivity index (χ1) is 13.8. The van der Waals surface area contributed by atoms with Gasteiger partial charge in [0.1, 0.15) is 11.5 Å². The summed E-state index contributed by atoms with van der Waals surface area (Å²) in [7, 11) is 3.81. The van der Waals surface area contributed by atoms with Gasteiger partial charge in [-0.25, -0.2) is 0 Å². The van der Waals surface area contributed by atoms with Crippen LogP contribution >= 0.6 is 0 Å². The Bertz CT molecular complexity index is 781. The number of nitrogens with zero attached hydrogens (tertiary/aromatic N) is 1. The summed E-state index contributed by atoms with van der Waals surface area (Å²) in [6.45, 7) is 8.18. The fourth-order valence-electron chi connectivity index (χ4n) is 3.91. The quantitative estimate of drug-likeness (QED) is 0.560. The van der Waals surface area contributed by atoms with E-state index in [9.17, 15) is 19.5 Å². The van der Waals surface area contributed by atoms with E-state index in [0.717, 1.165) is 5.69 Å². The van der Waals surface area contributed by atoms with E-state index in [1.807, 2.05) is 31.1 Å². The number of ether oxygens (including phenoxy) is 2. The smallest absolute Gasteiger partial charge is 0.317 e. The number of hydrogen-bond donors (Lipinski definition) is 1. The molecule has 0 amide bonds. The minimum absolute atomic E-state index is 0.122. The first-order valence-electron chi connectivity index (χ1n) is 10.3. The van der Waals surface area contributed by atoms with Crippen LogP contribution in [-0.4, -0.2) is 54.7 Å². The molecule has 0 bridgehead atoms. The average molecular weight is 420 g/mol. The summed E-state index contributed by atoms with van der Waals surface area (Å²) in [6.07, 6.45) is -0.920. The van der Waals surface area contributed by atoms with E-state index < -0.39 is 47.2 Å². The van der Waals surface area contributed by atoms with Crippen molar-refractivity contribution < 1.29 is 29.0 Å². The number of anilines is 1. The number of rotatable bonds is 6. The van der Waals surface area contributed by atoms with Crippen molar-refractivity contribution in [2.24, 2.45) is 11.8 Å². The highest BCUT2D eigenvalue weighted by Gasteiger charge is 2.56. The van der Waals surface area contributed by atoms with Gasteiger partial charge >= 0.3 is 11.9 Å². The Hall–Kier alpha value is -2.41. The second-order valence-corrected chi connectivity index (χ2v) is 8.91. The lowest BCUT2D eigenvalue weighted by molar-refractivity contribution is -0.173. The van der Waals surface area contributed by atoms with Gasteiger partial charge in [-0.05, 0) is 58.7 Å². The van der Waals surface area contributed by atoms with Crippen molar-refractivity contribution in [2.75, 3.05) is 19.0 Å². The summed E-state index contributed by atoms with van der Waals surface area (Å²) in [4.78, 5) is 40.9. The molecule has 7 nitrogen and oxygen atoms in total. The molecule has 30 heavy (non-hydrogen) atoms. The van der Waals surface area contributed by atoms with Crippen LogP contribution in [0, 0.1) is 11.8 Å². The van der Waals surface area contributed by atoms with Crippen LogP contribution < -0.4 is 4.90 Å². The van der Waals surface area contributed by atoms with Crippen LogP contribution in [0.15, 0.2) is 24.3 Å². The van der Waals surface area contributed by atoms with Crippen molar-refractivity contribution >= 4 is 23.4 Å². The molecule has 1 aromatic carbocycles. The highest BCUT2D eigenvalue weighted by Crippen LogP contribution is 2.45. The minimum atomic E-state index is -1.83. The molecular weight excluding hydrogens is 386 g/mol. The van der Waals surface area contributed by atoms with E-state index in [2.05, 4.69) is 0 Å². The molecule has 1 aromatic rings. The zero-order chi connectivity index (χ0) is 22.8. The highest BCUT2D eigenvalue weighted by atomic mass is 16.5. The van der Waals surface area contributed by atoms with E-state index in [4.69, 9.17) is 9.47 Å². The summed E-state index contributed by atoms with van der Waals surface area (Å²) in [5.41, 5.74) is -0.238. The normalized spacial score (nSPS) is 26.6. The Morgan fingerprint density at radius 1 is 1.03 bits per heavy atom. The van der Waals surface area contributed by atoms with Gasteiger partial charge in [-0.2, -0.15) is 0 Å². The van der Waals surface area contributed by atoms with Crippen molar-refractivity contribution in [2.45, 2.75) is 64.8 Å². The largest absolute Gasteiger partial charge is 0.463 e. The van der Waals surface area contributed by atoms with Crippen molar-refractivity contribution in [1.82, 2.24) is 0 Å². The molecule has 0 radical (unpaired) electrons. The van der Waals surface area contributed by atoms with Gasteiger partial charge < -0.3 is 19.5 Å². The van der Waals surface area contributed by atoms with Gasteiger partial charge in [0, 0.05) is 25.7 Å². The van der Waals surface area contributed by atoms with Gasteiger partial charge in [0.15, 0.2) is 5.78 Å². The molecule has 1 fully saturated rings. The zero-order valence-corrected chi connectivity index (χ0v) is 18.8. The molecule has 2 rings (SSSR count). The van der Waals surface area contributed by atoms with Crippen LogP contribution in [0.4, 0.5) is 5.69 Å². The molecule has 7 heteroatoms. The summed E-state index contributed by atoms with van der Waals surface area (Å²) in [6, 6.07) is 7.34. The molecule has 1 saturated carbocycles. The van der Waals surface area contributed by atoms with E-state index in [1.54, 1.807) is 39.8 Å². The number of carbonyl (C=O) groups excluding carboxylic acids is 3. The Labute approximate surface area is 178 Å². The molecule has 1 aliphatic carbocycles. The predicted octanol–water partition coefficient (Wildman–Crippen LogP) is 2.70. The van der Waals surface area contributed by atoms with E-state index in [1.165, 1.54) is 6.92 Å². The second kappa shape index (κ2) is 9.16. The predicted molar refractivity (Wildman–Crippen MR) is 113 cm³/mol. The SMILES string of the molecule is CC(C)OC(=O)[C@@H]1C(=O)[C@@](C)(O)C[C@@H](C(=O)OC(C)C)[C@H]1c1ccc(N(C)C)cc1. The van der Waals surface area contributed by atoms with Crippen LogP contribution in [0.25, 0.3) is 0 Å². The lowest BCUT2D eigenvalue weighted by Gasteiger charge is -2.42. The molecule has 0 unspecified atom stereocenters. The first-order valence-corrected chi connectivity index (χ1v) is 10.3. The van der Waals surface area contributed by atoms with Crippen LogP contribution in [0.5, 0.6) is 0 Å². The Kier molecular flexibility index (Phi) is 7.29. The van der Waals surface area contributed by atoms with Gasteiger partial charge in [0.2, 0.25) is 0 Å². The lowest BCUT2D eigenvalue weighted by Crippen LogP contribution is -2.55. The number of hydrogen-bond acceptors (Lipinski definition) is 7. The van der Waals surface area contributed by atoms with Crippen molar-refractivity contribution in [3.05, 3.63) is 29.8 Å². The monoisotopic (exact) mass is 419 g/mol. The third-order valence-electron chi connectivity index (χ3n) is 5.28. The van der Waals surface area contributed by atoms with Gasteiger partial charge in [-0.1, -0.05) is 12.1 Å². The number of Topliss-reactive ketones (excluding diaryl/α,β-unsaturated/α-hetero) is 1. The van der Waals surface area contributed by atoms with Crippen LogP contribution in [0.1, 0.15) is 52.5 Å². The van der Waals surface area contributed by atoms with Gasteiger partial charge in [0.25, 0.3) is 0 Å². The molecule has 0 heterocycles. The van der Waals surface area contributed by atoms with Crippen LogP contribution in [-0.2, 0) is 23.9 Å². The Morgan fingerprint density at radius 3 is 2.00 bits per heavy atom. The molecule has 0 spiro atoms. The third-order valence-corrected chi connectivity index (χ3v) is 5.28. The maximum Gasteiger partial charge on any atom is 0.317 e. The summed E-state index contributed by atoms with van der Waals surface area (Å²) in [5.74, 6) is -4.86. The Balaban J connectivity index is 2.58. The number of ketones is 1. The molecule has 166 valence electrons. The molecule has 4 atom stereocenters. The number of benzene rings is 1. The van der Waals surface area contributed by atoms with E-state index in [-0.39, 0.29) is 12.5 Å². The average Bonchev–Trinajstić information content (AvgIpc) is 2.62. The van der Waals surface area contributed by atoms with Crippen LogP contribution in [0.2, 0.25) is 0 Å². The number of carbonyl (C=O) groups is 3. The zero-order valence-electron chi connectivity index (χ0n) is 18.8. The summed E-state index contributed by atoms with van der Waals surface area (Å²) >= 11 is 0. The first kappa shape index (κ1) is 23.9. The molecule has 1 N–H and O–H groups in total. The number of esters is 2. The molecule has 1 aliphatic rings. The van der Waals surface area contributed by atoms with Crippen molar-refractivity contribution in [3.8, 4) is 0 Å². The topological polar surface area (TPSA) is 93.1 Å². The minimum Gasteiger partial charge on any atom is -0.463 e. The van der Waals surface area contributed by atoms with E-state index >= 15 is 0 Å². The molecule has 0 saturated heterocycles. The van der Waals surface area contributed by atoms with Crippen molar-refractivity contribution in [1.29, 1.82) is 0 Å². The second-order valence-electron chi connectivity index (χ2n) is 8.91. The van der Waals surface area contributed by atoms with Gasteiger partial charge in [-0.3, -0.25) is 14.4 Å². The van der Waals surface area contributed by atoms with Gasteiger partial charge in [-0.15, -0.1) is 0 Å². The van der Waals surface area contributed by atoms with Crippen LogP contribution in [0.3, 0.4) is 0 Å². The highest BCUT2D eigenvalue weighted by molar-refractivity contribution is 6.06. The molecule has 0 aliphatic heterocycles. The third kappa shape index (κ3) is 5.19. The molecular formula is C23H33NO6. The fourth-order valence-corrected chi connectivity index (χ4v) is 3.91. The van der Waals surface area contributed by atoms with Gasteiger partial charge in [0.05, 0.1) is 18.1 Å². The molecule has 0 aromatic heterocycles. The maximum absolute atomic E-state index is 13.1. The van der Waals surface area contributed by atoms with Crippen molar-refractivity contribution in [3.63, 3.8) is 0 Å². The standard InChI is InChI=1S/C23H33NO6/c1-13(2)29-21(26)17-12-23(5,28)20(25)19(22(27)30-14(3)4)18(17)15-8-10-16(11-9-15)24(6)7/h8-11,13-14,17-19,28H,12H2,1-7H3/t17-,18-,19+,23+/m1/s1. The van der Waals surface area contributed by atoms with E-state index in [0.29, 0.717) is 5.56 Å². The Morgan fingerprint density at radius 2 is 1.53 bits per heavy atom. The summed E-state index contributed by atoms with van der Waals surface area (Å²) in [5, 5.41) is 10.8. The summed E-state index contributed by atoms with van der Waals surface area (Å²) < 4.78 is 10.8. The fraction of sp³-hybridized carbons (Fsp3) is 0.609.